The summed E-state index contributed by atoms with van der Waals surface area (Å²) in [7, 11) is 0. The van der Waals surface area contributed by atoms with Crippen molar-refractivity contribution in [2.45, 2.75) is 6.42 Å². The van der Waals surface area contributed by atoms with Crippen LogP contribution in [0.15, 0.2) is 78.9 Å². The van der Waals surface area contributed by atoms with Crippen molar-refractivity contribution in [3.63, 3.8) is 0 Å². The molecule has 0 saturated heterocycles. The summed E-state index contributed by atoms with van der Waals surface area (Å²) in [6, 6.07) is 23.0. The number of nitrogen functional groups attached to an aromatic ring is 1. The van der Waals surface area contributed by atoms with Gasteiger partial charge in [0.05, 0.1) is 0 Å². The molecule has 0 aliphatic heterocycles. The summed E-state index contributed by atoms with van der Waals surface area (Å²) in [6.07, 6.45) is 0.656. The zero-order valence-electron chi connectivity index (χ0n) is 16.8. The third-order valence-corrected chi connectivity index (χ3v) is 4.94. The number of halogens is 1. The van der Waals surface area contributed by atoms with E-state index in [0.717, 1.165) is 5.56 Å². The maximum absolute atomic E-state index is 13.2. The number of carbonyl (C=O) groups is 2. The Hall–Kier alpha value is -3.64. The van der Waals surface area contributed by atoms with Gasteiger partial charge in [-0.2, -0.15) is 0 Å². The summed E-state index contributed by atoms with van der Waals surface area (Å²) in [5.41, 5.74) is 8.01. The van der Waals surface area contributed by atoms with Crippen molar-refractivity contribution < 1.29 is 9.59 Å². The normalized spacial score (nSPS) is 10.4. The highest BCUT2D eigenvalue weighted by Crippen LogP contribution is 2.17. The number of amides is 2. The second-order valence-electron chi connectivity index (χ2n) is 6.95. The summed E-state index contributed by atoms with van der Waals surface area (Å²) < 4.78 is 0. The van der Waals surface area contributed by atoms with Crippen LogP contribution in [0.5, 0.6) is 0 Å². The zero-order chi connectivity index (χ0) is 22.2. The van der Waals surface area contributed by atoms with Gasteiger partial charge >= 0.3 is 0 Å². The molecular weight excluding hydrogens is 412 g/mol. The zero-order valence-corrected chi connectivity index (χ0v) is 17.6. The molecule has 0 radical (unpaired) electrons. The first-order valence-electron chi connectivity index (χ1n) is 9.76. The Morgan fingerprint density at radius 1 is 0.935 bits per heavy atom. The summed E-state index contributed by atoms with van der Waals surface area (Å²) in [5, 5.41) is 11.1. The Morgan fingerprint density at radius 3 is 2.29 bits per heavy atom. The molecule has 0 saturated carbocycles. The van der Waals surface area contributed by atoms with Gasteiger partial charge in [0.1, 0.15) is 12.4 Å². The SMILES string of the molecule is N=C(N)c1cccc(C(=O)N(CC(=O)NCCc2ccc(Cl)cc2)c2ccccc2)c1. The molecule has 3 rings (SSSR count). The van der Waals surface area contributed by atoms with E-state index in [0.29, 0.717) is 34.8 Å². The highest BCUT2D eigenvalue weighted by molar-refractivity contribution is 6.30. The Morgan fingerprint density at radius 2 is 1.61 bits per heavy atom. The van der Waals surface area contributed by atoms with E-state index >= 15 is 0 Å². The van der Waals surface area contributed by atoms with Crippen LogP contribution >= 0.6 is 11.6 Å². The molecule has 0 aliphatic rings. The fourth-order valence-electron chi connectivity index (χ4n) is 3.06. The first kappa shape index (κ1) is 22.1. The van der Waals surface area contributed by atoms with Crippen LogP contribution in [0.25, 0.3) is 0 Å². The van der Waals surface area contributed by atoms with Crippen molar-refractivity contribution in [2.75, 3.05) is 18.0 Å². The van der Waals surface area contributed by atoms with Crippen molar-refractivity contribution in [3.8, 4) is 0 Å². The van der Waals surface area contributed by atoms with E-state index in [2.05, 4.69) is 5.32 Å². The van der Waals surface area contributed by atoms with Gasteiger partial charge in [0, 0.05) is 28.4 Å². The predicted molar refractivity (Wildman–Crippen MR) is 124 cm³/mol. The standard InChI is InChI=1S/C24H23ClN4O2/c25-20-11-9-17(10-12-20)13-14-28-22(30)16-29(21-7-2-1-3-8-21)24(31)19-6-4-5-18(15-19)23(26)27/h1-12,15H,13-14,16H2,(H3,26,27)(H,28,30). The monoisotopic (exact) mass is 434 g/mol. The molecule has 3 aromatic carbocycles. The van der Waals surface area contributed by atoms with Crippen LogP contribution in [-0.2, 0) is 11.2 Å². The van der Waals surface area contributed by atoms with Crippen molar-refractivity contribution >= 4 is 34.9 Å². The molecule has 0 aromatic heterocycles. The number of benzene rings is 3. The fraction of sp³-hybridized carbons (Fsp3) is 0.125. The van der Waals surface area contributed by atoms with Crippen LogP contribution in [-0.4, -0.2) is 30.7 Å². The number of nitrogens with one attached hydrogen (secondary N) is 2. The molecule has 0 aliphatic carbocycles. The Kier molecular flexibility index (Phi) is 7.40. The van der Waals surface area contributed by atoms with Gasteiger partial charge in [-0.25, -0.2) is 0 Å². The lowest BCUT2D eigenvalue weighted by molar-refractivity contribution is -0.119. The molecule has 0 heterocycles. The van der Waals surface area contributed by atoms with Gasteiger partial charge in [-0.3, -0.25) is 19.9 Å². The molecular formula is C24H23ClN4O2. The van der Waals surface area contributed by atoms with Gasteiger partial charge in [-0.05, 0) is 48.4 Å². The Labute approximate surface area is 186 Å². The van der Waals surface area contributed by atoms with Crippen LogP contribution < -0.4 is 16.0 Å². The summed E-state index contributed by atoms with van der Waals surface area (Å²) in [4.78, 5) is 27.2. The number of para-hydroxylation sites is 1. The molecule has 0 atom stereocenters. The molecule has 2 amide bonds. The van der Waals surface area contributed by atoms with E-state index in [9.17, 15) is 9.59 Å². The second-order valence-corrected chi connectivity index (χ2v) is 7.38. The number of nitrogens with two attached hydrogens (primary N) is 1. The van der Waals surface area contributed by atoms with Crippen LogP contribution in [0.2, 0.25) is 5.02 Å². The van der Waals surface area contributed by atoms with Gasteiger partial charge in [0.15, 0.2) is 0 Å². The van der Waals surface area contributed by atoms with Crippen LogP contribution in [0.3, 0.4) is 0 Å². The molecule has 0 unspecified atom stereocenters. The van der Waals surface area contributed by atoms with E-state index in [1.54, 1.807) is 48.5 Å². The van der Waals surface area contributed by atoms with Crippen molar-refractivity contribution in [1.82, 2.24) is 5.32 Å². The third-order valence-electron chi connectivity index (χ3n) is 4.68. The average molecular weight is 435 g/mol. The smallest absolute Gasteiger partial charge is 0.258 e. The van der Waals surface area contributed by atoms with Crippen molar-refractivity contribution in [3.05, 3.63) is 101 Å². The number of nitrogens with zero attached hydrogens (tertiary/aromatic N) is 1. The lowest BCUT2D eigenvalue weighted by atomic mass is 10.1. The van der Waals surface area contributed by atoms with E-state index in [4.69, 9.17) is 22.7 Å². The minimum atomic E-state index is -0.345. The molecule has 3 aromatic rings. The van der Waals surface area contributed by atoms with Crippen LogP contribution in [0.4, 0.5) is 5.69 Å². The van der Waals surface area contributed by atoms with E-state index in [1.165, 1.54) is 4.90 Å². The third kappa shape index (κ3) is 6.17. The highest BCUT2D eigenvalue weighted by atomic mass is 35.5. The quantitative estimate of drug-likeness (QED) is 0.373. The first-order valence-corrected chi connectivity index (χ1v) is 10.1. The largest absolute Gasteiger partial charge is 0.384 e. The number of carbonyl (C=O) groups excluding carboxylic acids is 2. The first-order chi connectivity index (χ1) is 14.9. The molecule has 0 fully saturated rings. The lowest BCUT2D eigenvalue weighted by Gasteiger charge is -2.23. The Balaban J connectivity index is 1.71. The number of rotatable bonds is 8. The van der Waals surface area contributed by atoms with E-state index in [1.807, 2.05) is 30.3 Å². The number of amidine groups is 1. The Bertz CT molecular complexity index is 1070. The lowest BCUT2D eigenvalue weighted by Crippen LogP contribution is -2.41. The maximum Gasteiger partial charge on any atom is 0.258 e. The molecule has 7 heteroatoms. The van der Waals surface area contributed by atoms with Crippen molar-refractivity contribution in [2.24, 2.45) is 5.73 Å². The van der Waals surface area contributed by atoms with Crippen LogP contribution in [0.1, 0.15) is 21.5 Å². The van der Waals surface area contributed by atoms with Crippen molar-refractivity contribution in [1.29, 1.82) is 5.41 Å². The molecule has 31 heavy (non-hydrogen) atoms. The second kappa shape index (κ2) is 10.4. The molecule has 158 valence electrons. The van der Waals surface area contributed by atoms with E-state index in [-0.39, 0.29) is 24.2 Å². The van der Waals surface area contributed by atoms with Gasteiger partial charge in [0.2, 0.25) is 5.91 Å². The van der Waals surface area contributed by atoms with Gasteiger partial charge in [-0.15, -0.1) is 0 Å². The summed E-state index contributed by atoms with van der Waals surface area (Å²) in [5.74, 6) is -0.739. The predicted octanol–water partition coefficient (Wildman–Crippen LogP) is 3.63. The number of hydrogen-bond acceptors (Lipinski definition) is 3. The minimum Gasteiger partial charge on any atom is -0.384 e. The average Bonchev–Trinajstić information content (AvgIpc) is 2.79. The molecule has 0 bridgehead atoms. The number of anilines is 1. The fourth-order valence-corrected chi connectivity index (χ4v) is 3.19. The maximum atomic E-state index is 13.2. The summed E-state index contributed by atoms with van der Waals surface area (Å²) >= 11 is 5.89. The summed E-state index contributed by atoms with van der Waals surface area (Å²) in [6.45, 7) is 0.310. The number of hydrogen-bond donors (Lipinski definition) is 3. The van der Waals surface area contributed by atoms with Gasteiger partial charge < -0.3 is 11.1 Å². The minimum absolute atomic E-state index is 0.124. The van der Waals surface area contributed by atoms with Gasteiger partial charge in [-0.1, -0.05) is 54.1 Å². The highest BCUT2D eigenvalue weighted by Gasteiger charge is 2.21. The molecule has 4 N–H and O–H groups in total. The van der Waals surface area contributed by atoms with E-state index < -0.39 is 0 Å². The van der Waals surface area contributed by atoms with Gasteiger partial charge in [0.25, 0.3) is 5.91 Å². The molecule has 0 spiro atoms. The topological polar surface area (TPSA) is 99.3 Å². The van der Waals surface area contributed by atoms with Crippen LogP contribution in [0, 0.1) is 5.41 Å². The molecule has 6 nitrogen and oxygen atoms in total.